The Bertz CT molecular complexity index is 1630. The van der Waals surface area contributed by atoms with Crippen LogP contribution in [0.5, 0.6) is 23.0 Å². The molecule has 8 nitrogen and oxygen atoms in total. The maximum atomic E-state index is 13.1. The molecule has 4 heterocycles. The van der Waals surface area contributed by atoms with Crippen molar-refractivity contribution >= 4 is 29.2 Å². The number of ether oxygens (including phenoxy) is 4. The summed E-state index contributed by atoms with van der Waals surface area (Å²) in [7, 11) is 0. The summed E-state index contributed by atoms with van der Waals surface area (Å²) >= 11 is 1.21. The summed E-state index contributed by atoms with van der Waals surface area (Å²) in [5.41, 5.74) is 1.83. The first-order chi connectivity index (χ1) is 16.2. The fourth-order valence-corrected chi connectivity index (χ4v) is 5.19. The normalized spacial score (nSPS) is 17.9. The van der Waals surface area contributed by atoms with Gasteiger partial charge in [-0.25, -0.2) is 0 Å². The summed E-state index contributed by atoms with van der Waals surface area (Å²) in [6.07, 6.45) is 3.26. The summed E-state index contributed by atoms with van der Waals surface area (Å²) in [4.78, 5) is 13.1. The molecule has 0 aliphatic carbocycles. The zero-order chi connectivity index (χ0) is 22.5. The molecule has 0 saturated heterocycles. The fourth-order valence-electron chi connectivity index (χ4n) is 4.09. The molecular formula is C24H13N3O5S. The molecule has 3 aliphatic heterocycles. The highest BCUT2D eigenvalue weighted by molar-refractivity contribution is 7.07. The van der Waals surface area contributed by atoms with Crippen molar-refractivity contribution in [3.05, 3.63) is 72.6 Å². The zero-order valence-electron chi connectivity index (χ0n) is 16.9. The van der Waals surface area contributed by atoms with E-state index in [1.54, 1.807) is 30.3 Å². The Morgan fingerprint density at radius 2 is 1.64 bits per heavy atom. The molecule has 33 heavy (non-hydrogen) atoms. The zero-order valence-corrected chi connectivity index (χ0v) is 17.7. The maximum Gasteiger partial charge on any atom is 0.273 e. The van der Waals surface area contributed by atoms with E-state index < -0.39 is 5.92 Å². The minimum absolute atomic E-state index is 0.128. The van der Waals surface area contributed by atoms with E-state index in [0.29, 0.717) is 43.3 Å². The van der Waals surface area contributed by atoms with Crippen molar-refractivity contribution in [2.24, 2.45) is 0 Å². The van der Waals surface area contributed by atoms with E-state index in [1.165, 1.54) is 22.1 Å². The summed E-state index contributed by atoms with van der Waals surface area (Å²) in [6.45, 7) is 0.293. The average molecular weight is 455 g/mol. The van der Waals surface area contributed by atoms with Crippen molar-refractivity contribution in [2.45, 2.75) is 5.92 Å². The molecule has 0 saturated carbocycles. The Kier molecular flexibility index (Phi) is 4.25. The standard InChI is InChI=1S/C24H13N3O5S/c25-8-15-10-27-23(28)21(6-13-1-3-17-19(5-13)31-11-29-17)33-24(27)16(9-26)22(15)14-2-4-18-20(7-14)32-12-30-18/h1-7,10,22H,11-12H2/b21-6-. The van der Waals surface area contributed by atoms with Gasteiger partial charge >= 0.3 is 0 Å². The highest BCUT2D eigenvalue weighted by Gasteiger charge is 2.30. The molecule has 3 aliphatic rings. The Labute approximate surface area is 190 Å². The third kappa shape index (κ3) is 2.99. The molecule has 0 amide bonds. The molecule has 0 N–H and O–H groups in total. The number of thiazole rings is 1. The van der Waals surface area contributed by atoms with Crippen LogP contribution in [0, 0.1) is 22.7 Å². The maximum absolute atomic E-state index is 13.1. The number of allylic oxidation sites excluding steroid dienone is 1. The summed E-state index contributed by atoms with van der Waals surface area (Å²) in [6, 6.07) is 15.2. The van der Waals surface area contributed by atoms with Crippen LogP contribution in [0.1, 0.15) is 17.0 Å². The van der Waals surface area contributed by atoms with Crippen molar-refractivity contribution in [1.29, 1.82) is 10.5 Å². The van der Waals surface area contributed by atoms with Gasteiger partial charge in [0.15, 0.2) is 23.0 Å². The predicted octanol–water partition coefficient (Wildman–Crippen LogP) is 2.03. The quantitative estimate of drug-likeness (QED) is 0.582. The van der Waals surface area contributed by atoms with E-state index in [4.69, 9.17) is 18.9 Å². The second-order valence-corrected chi connectivity index (χ2v) is 8.50. The van der Waals surface area contributed by atoms with Gasteiger partial charge in [0, 0.05) is 6.20 Å². The highest BCUT2D eigenvalue weighted by atomic mass is 32.1. The molecule has 1 atom stereocenters. The second kappa shape index (κ2) is 7.30. The van der Waals surface area contributed by atoms with Gasteiger partial charge in [-0.1, -0.05) is 12.1 Å². The first-order valence-electron chi connectivity index (χ1n) is 9.94. The van der Waals surface area contributed by atoms with Gasteiger partial charge in [-0.3, -0.25) is 9.36 Å². The second-order valence-electron chi connectivity index (χ2n) is 7.47. The lowest BCUT2D eigenvalue weighted by Gasteiger charge is -2.19. The molecule has 1 unspecified atom stereocenters. The Hall–Kier alpha value is -4.47. The highest BCUT2D eigenvalue weighted by Crippen LogP contribution is 2.40. The van der Waals surface area contributed by atoms with Crippen molar-refractivity contribution < 1.29 is 18.9 Å². The van der Waals surface area contributed by atoms with Gasteiger partial charge in [-0.05, 0) is 41.5 Å². The summed E-state index contributed by atoms with van der Waals surface area (Å²) in [5.74, 6) is 1.84. The number of aromatic nitrogens is 1. The number of nitrogens with zero attached hydrogens (tertiary/aromatic N) is 3. The number of fused-ring (bicyclic) bond motifs is 3. The third-order valence-electron chi connectivity index (χ3n) is 5.63. The van der Waals surface area contributed by atoms with Gasteiger partial charge in [0.25, 0.3) is 5.56 Å². The van der Waals surface area contributed by atoms with Crippen LogP contribution < -0.4 is 33.7 Å². The first-order valence-corrected chi connectivity index (χ1v) is 10.8. The Morgan fingerprint density at radius 1 is 0.939 bits per heavy atom. The number of rotatable bonds is 2. The molecule has 1 aromatic heterocycles. The van der Waals surface area contributed by atoms with Crippen LogP contribution in [0.2, 0.25) is 0 Å². The monoisotopic (exact) mass is 455 g/mol. The van der Waals surface area contributed by atoms with E-state index in [2.05, 4.69) is 12.1 Å². The van der Waals surface area contributed by atoms with Crippen molar-refractivity contribution in [2.75, 3.05) is 13.6 Å². The molecule has 160 valence electrons. The molecule has 0 fully saturated rings. The van der Waals surface area contributed by atoms with Crippen LogP contribution in [0.25, 0.3) is 17.8 Å². The average Bonchev–Trinajstić information content (AvgIpc) is 3.56. The van der Waals surface area contributed by atoms with Gasteiger partial charge < -0.3 is 18.9 Å². The Morgan fingerprint density at radius 3 is 2.36 bits per heavy atom. The fraction of sp³-hybridized carbons (Fsp3) is 0.125. The van der Waals surface area contributed by atoms with Gasteiger partial charge in [0.05, 0.1) is 33.7 Å². The number of hydrogen-bond acceptors (Lipinski definition) is 8. The lowest BCUT2D eigenvalue weighted by Crippen LogP contribution is -2.32. The van der Waals surface area contributed by atoms with Crippen molar-refractivity contribution in [1.82, 2.24) is 4.57 Å². The molecule has 0 spiro atoms. The predicted molar refractivity (Wildman–Crippen MR) is 118 cm³/mol. The molecule has 9 heteroatoms. The topological polar surface area (TPSA) is 106 Å². The minimum atomic E-state index is -0.606. The van der Waals surface area contributed by atoms with Gasteiger partial charge in [0.1, 0.15) is 4.66 Å². The van der Waals surface area contributed by atoms with Crippen molar-refractivity contribution in [3.8, 4) is 35.1 Å². The van der Waals surface area contributed by atoms with Crippen LogP contribution >= 0.6 is 11.3 Å². The van der Waals surface area contributed by atoms with Crippen LogP contribution in [0.15, 0.2) is 46.8 Å². The van der Waals surface area contributed by atoms with Crippen LogP contribution in [-0.2, 0) is 0 Å². The van der Waals surface area contributed by atoms with Gasteiger partial charge in [-0.15, -0.1) is 11.3 Å². The Balaban J connectivity index is 1.54. The van der Waals surface area contributed by atoms with Gasteiger partial charge in [-0.2, -0.15) is 10.5 Å². The largest absolute Gasteiger partial charge is 0.454 e. The van der Waals surface area contributed by atoms with E-state index in [9.17, 15) is 15.3 Å². The van der Waals surface area contributed by atoms with Crippen LogP contribution in [-0.4, -0.2) is 18.2 Å². The summed E-state index contributed by atoms with van der Waals surface area (Å²) < 4.78 is 23.9. The lowest BCUT2D eigenvalue weighted by atomic mass is 9.85. The molecule has 3 aromatic rings. The molecular weight excluding hydrogens is 442 g/mol. The first kappa shape index (κ1) is 19.2. The smallest absolute Gasteiger partial charge is 0.273 e. The molecule has 2 aromatic carbocycles. The summed E-state index contributed by atoms with van der Waals surface area (Å²) in [5, 5.41) is 19.9. The minimum Gasteiger partial charge on any atom is -0.454 e. The third-order valence-corrected chi connectivity index (χ3v) is 6.75. The molecule has 6 rings (SSSR count). The van der Waals surface area contributed by atoms with Crippen molar-refractivity contribution in [3.63, 3.8) is 0 Å². The van der Waals surface area contributed by atoms with E-state index in [1.807, 2.05) is 12.1 Å². The molecule has 0 bridgehead atoms. The lowest BCUT2D eigenvalue weighted by molar-refractivity contribution is 0.173. The van der Waals surface area contributed by atoms with E-state index >= 15 is 0 Å². The van der Waals surface area contributed by atoms with E-state index in [-0.39, 0.29) is 19.1 Å². The number of nitriles is 2. The SMILES string of the molecule is N#CC1=Cn2c(s/c(=C\c3ccc4c(c3)OCO4)c2=O)=C(C#N)C1c1ccc2c(c1)OCO2. The van der Waals surface area contributed by atoms with Crippen LogP contribution in [0.3, 0.4) is 0 Å². The number of hydrogen-bond donors (Lipinski definition) is 0. The number of benzene rings is 2. The molecule has 0 radical (unpaired) electrons. The van der Waals surface area contributed by atoms with Crippen LogP contribution in [0.4, 0.5) is 0 Å². The van der Waals surface area contributed by atoms with Gasteiger partial charge in [0.2, 0.25) is 13.6 Å². The van der Waals surface area contributed by atoms with E-state index in [0.717, 1.165) is 11.1 Å².